The van der Waals surface area contributed by atoms with Crippen molar-refractivity contribution in [3.8, 4) is 16.9 Å². The van der Waals surface area contributed by atoms with Gasteiger partial charge >= 0.3 is 0 Å². The Hall–Kier alpha value is -4.05. The molecule has 4 aromatic rings. The first-order valence-corrected chi connectivity index (χ1v) is 14.9. The van der Waals surface area contributed by atoms with Gasteiger partial charge in [0.2, 0.25) is 11.8 Å². The largest absolute Gasteiger partial charge is 0.341 e. The number of carbonyl (C=O) groups is 2. The molecule has 6 nitrogen and oxygen atoms in total. The monoisotopic (exact) mass is 590 g/mol. The van der Waals surface area contributed by atoms with Crippen LogP contribution in [0.15, 0.2) is 72.8 Å². The number of piperidine rings is 1. The molecule has 2 aliphatic heterocycles. The van der Waals surface area contributed by atoms with Crippen LogP contribution in [0, 0.1) is 23.4 Å². The SMILES string of the molecule is CC1CCN(C(=O)CN2C(=O)CS[C@@H](c3ccc(F)cc3F)c3c(-c4ccccc4)nn(-c4ccc(F)cc4)c32)CC1. The van der Waals surface area contributed by atoms with Crippen molar-refractivity contribution in [3.05, 3.63) is 101 Å². The van der Waals surface area contributed by atoms with Crippen LogP contribution in [0.5, 0.6) is 0 Å². The van der Waals surface area contributed by atoms with Crippen molar-refractivity contribution >= 4 is 29.4 Å². The second kappa shape index (κ2) is 11.7. The lowest BCUT2D eigenvalue weighted by molar-refractivity contribution is -0.132. The molecule has 42 heavy (non-hydrogen) atoms. The van der Waals surface area contributed by atoms with Crippen molar-refractivity contribution in [1.29, 1.82) is 0 Å². The fourth-order valence-electron chi connectivity index (χ4n) is 5.54. The predicted octanol–water partition coefficient (Wildman–Crippen LogP) is 6.38. The first kappa shape index (κ1) is 28.1. The van der Waals surface area contributed by atoms with Gasteiger partial charge in [-0.2, -0.15) is 5.10 Å². The molecule has 0 spiro atoms. The quantitative estimate of drug-likeness (QED) is 0.271. The Balaban J connectivity index is 1.57. The number of fused-ring (bicyclic) bond motifs is 1. The zero-order valence-corrected chi connectivity index (χ0v) is 23.8. The molecule has 0 unspecified atom stereocenters. The second-order valence-electron chi connectivity index (χ2n) is 10.7. The summed E-state index contributed by atoms with van der Waals surface area (Å²) in [6.45, 7) is 3.16. The number of halogens is 3. The minimum atomic E-state index is -0.745. The number of likely N-dealkylation sites (tertiary alicyclic amines) is 1. The third-order valence-electron chi connectivity index (χ3n) is 7.88. The van der Waals surface area contributed by atoms with Crippen LogP contribution in [0.2, 0.25) is 0 Å². The molecule has 3 aromatic carbocycles. The van der Waals surface area contributed by atoms with Gasteiger partial charge < -0.3 is 4.90 Å². The summed E-state index contributed by atoms with van der Waals surface area (Å²) in [7, 11) is 0. The van der Waals surface area contributed by atoms with E-state index in [2.05, 4.69) is 6.92 Å². The molecule has 0 saturated carbocycles. The summed E-state index contributed by atoms with van der Waals surface area (Å²) < 4.78 is 44.8. The molecule has 1 saturated heterocycles. The Kier molecular flexibility index (Phi) is 7.81. The van der Waals surface area contributed by atoms with E-state index in [1.807, 2.05) is 30.3 Å². The fraction of sp³-hybridized carbons (Fsp3) is 0.281. The molecule has 0 aliphatic carbocycles. The first-order chi connectivity index (χ1) is 20.3. The van der Waals surface area contributed by atoms with Gasteiger partial charge in [-0.15, -0.1) is 11.8 Å². The van der Waals surface area contributed by atoms with E-state index < -0.39 is 22.7 Å². The molecule has 6 rings (SSSR count). The van der Waals surface area contributed by atoms with Gasteiger partial charge in [0.05, 0.1) is 22.4 Å². The lowest BCUT2D eigenvalue weighted by Gasteiger charge is -2.32. The average Bonchev–Trinajstić information content (AvgIpc) is 3.31. The van der Waals surface area contributed by atoms with Crippen LogP contribution in [-0.4, -0.2) is 51.9 Å². The van der Waals surface area contributed by atoms with Gasteiger partial charge in [-0.05, 0) is 49.1 Å². The molecule has 1 fully saturated rings. The molecular weight excluding hydrogens is 561 g/mol. The lowest BCUT2D eigenvalue weighted by Crippen LogP contribution is -2.46. The average molecular weight is 591 g/mol. The van der Waals surface area contributed by atoms with Crippen molar-refractivity contribution in [3.63, 3.8) is 0 Å². The number of carbonyl (C=O) groups excluding carboxylic acids is 2. The Morgan fingerprint density at radius 1 is 0.952 bits per heavy atom. The van der Waals surface area contributed by atoms with Gasteiger partial charge in [0.15, 0.2) is 0 Å². The van der Waals surface area contributed by atoms with Crippen molar-refractivity contribution < 1.29 is 22.8 Å². The van der Waals surface area contributed by atoms with E-state index in [4.69, 9.17) is 5.10 Å². The second-order valence-corrected chi connectivity index (χ2v) is 11.8. The zero-order valence-electron chi connectivity index (χ0n) is 23.0. The summed E-state index contributed by atoms with van der Waals surface area (Å²) in [6.07, 6.45) is 1.77. The summed E-state index contributed by atoms with van der Waals surface area (Å²) in [5.41, 5.74) is 2.39. The van der Waals surface area contributed by atoms with Crippen LogP contribution in [0.4, 0.5) is 19.0 Å². The van der Waals surface area contributed by atoms with Crippen LogP contribution in [0.1, 0.15) is 36.1 Å². The van der Waals surface area contributed by atoms with E-state index in [0.29, 0.717) is 47.3 Å². The summed E-state index contributed by atoms with van der Waals surface area (Å²) >= 11 is 1.20. The van der Waals surface area contributed by atoms with Gasteiger partial charge in [0, 0.05) is 35.8 Å². The Labute approximate surface area is 246 Å². The van der Waals surface area contributed by atoms with Crippen LogP contribution < -0.4 is 4.90 Å². The molecule has 216 valence electrons. The van der Waals surface area contributed by atoms with Gasteiger partial charge in [0.1, 0.15) is 29.8 Å². The highest BCUT2D eigenvalue weighted by Gasteiger charge is 2.39. The minimum Gasteiger partial charge on any atom is -0.341 e. The van der Waals surface area contributed by atoms with Gasteiger partial charge in [-0.25, -0.2) is 17.9 Å². The van der Waals surface area contributed by atoms with Crippen LogP contribution in [0.3, 0.4) is 0 Å². The Morgan fingerprint density at radius 2 is 1.64 bits per heavy atom. The number of rotatable bonds is 5. The van der Waals surface area contributed by atoms with Gasteiger partial charge in [0.25, 0.3) is 0 Å². The maximum Gasteiger partial charge on any atom is 0.242 e. The maximum atomic E-state index is 15.4. The molecule has 3 heterocycles. The molecule has 1 atom stereocenters. The van der Waals surface area contributed by atoms with E-state index >= 15 is 4.39 Å². The third-order valence-corrected chi connectivity index (χ3v) is 9.12. The normalized spacial score (nSPS) is 17.7. The molecule has 2 amide bonds. The molecule has 0 N–H and O–H groups in total. The number of hydrogen-bond acceptors (Lipinski definition) is 4. The number of amides is 2. The number of hydrogen-bond donors (Lipinski definition) is 0. The third kappa shape index (κ3) is 5.43. The van der Waals surface area contributed by atoms with Gasteiger partial charge in [-0.3, -0.25) is 14.5 Å². The topological polar surface area (TPSA) is 58.4 Å². The fourth-order valence-corrected chi connectivity index (χ4v) is 6.76. The highest BCUT2D eigenvalue weighted by molar-refractivity contribution is 8.00. The summed E-state index contributed by atoms with van der Waals surface area (Å²) in [5, 5.41) is 4.16. The first-order valence-electron chi connectivity index (χ1n) is 13.9. The Bertz CT molecular complexity index is 1620. The van der Waals surface area contributed by atoms with E-state index in [9.17, 15) is 18.4 Å². The number of thioether (sulfide) groups is 1. The molecule has 0 bridgehead atoms. The summed E-state index contributed by atoms with van der Waals surface area (Å²) in [5.74, 6) is -1.63. The van der Waals surface area contributed by atoms with Gasteiger partial charge in [-0.1, -0.05) is 43.3 Å². The molecule has 10 heteroatoms. The predicted molar refractivity (Wildman–Crippen MR) is 157 cm³/mol. The molecule has 0 radical (unpaired) electrons. The summed E-state index contributed by atoms with van der Waals surface area (Å²) in [6, 6.07) is 18.3. The lowest BCUT2D eigenvalue weighted by atomic mass is 9.98. The highest BCUT2D eigenvalue weighted by atomic mass is 32.2. The minimum absolute atomic E-state index is 0.0435. The molecule has 1 aromatic heterocycles. The zero-order chi connectivity index (χ0) is 29.4. The number of anilines is 1. The molecule has 2 aliphatic rings. The Morgan fingerprint density at radius 3 is 2.33 bits per heavy atom. The number of aromatic nitrogens is 2. The maximum absolute atomic E-state index is 15.4. The van der Waals surface area contributed by atoms with Crippen LogP contribution in [0.25, 0.3) is 16.9 Å². The molecular formula is C32H29F3N4O2S. The van der Waals surface area contributed by atoms with Crippen LogP contribution in [-0.2, 0) is 9.59 Å². The summed E-state index contributed by atoms with van der Waals surface area (Å²) in [4.78, 5) is 30.6. The highest BCUT2D eigenvalue weighted by Crippen LogP contribution is 2.49. The van der Waals surface area contributed by atoms with E-state index in [1.165, 1.54) is 45.6 Å². The van der Waals surface area contributed by atoms with Crippen molar-refractivity contribution in [1.82, 2.24) is 14.7 Å². The van der Waals surface area contributed by atoms with E-state index in [0.717, 1.165) is 18.9 Å². The van der Waals surface area contributed by atoms with E-state index in [1.54, 1.807) is 17.0 Å². The smallest absolute Gasteiger partial charge is 0.242 e. The van der Waals surface area contributed by atoms with Crippen molar-refractivity contribution in [2.45, 2.75) is 25.0 Å². The number of nitrogens with zero attached hydrogens (tertiary/aromatic N) is 4. The van der Waals surface area contributed by atoms with Crippen molar-refractivity contribution in [2.75, 3.05) is 30.3 Å². The number of benzene rings is 3. The van der Waals surface area contributed by atoms with Crippen molar-refractivity contribution in [2.24, 2.45) is 5.92 Å². The van der Waals surface area contributed by atoms with Crippen LogP contribution >= 0.6 is 11.8 Å². The van der Waals surface area contributed by atoms with E-state index in [-0.39, 0.29) is 29.7 Å². The standard InChI is InChI=1S/C32H29F3N4O2S/c1-20-13-15-37(16-14-20)27(40)18-38-28(41)19-42-31(25-12-9-23(34)17-26(25)35)29-30(21-5-3-2-4-6-21)36-39(32(29)38)24-10-7-22(33)8-11-24/h2-12,17,20,31H,13-16,18-19H2,1H3/t31-/m0/s1.